The molecule has 13 heteroatoms. The van der Waals surface area contributed by atoms with Crippen molar-refractivity contribution in [1.82, 2.24) is 21.3 Å². The molecule has 0 fully saturated rings. The summed E-state index contributed by atoms with van der Waals surface area (Å²) in [6.45, 7) is 0.109. The first-order valence-electron chi connectivity index (χ1n) is 27.7. The summed E-state index contributed by atoms with van der Waals surface area (Å²) < 4.78 is 17.3. The number of halogens is 1. The van der Waals surface area contributed by atoms with Gasteiger partial charge in [-0.1, -0.05) is 135 Å². The number of hydrogen-bond acceptors (Lipinski definition) is 7. The third kappa shape index (κ3) is 20.7. The topological polar surface area (TPSA) is 144 Å². The van der Waals surface area contributed by atoms with Crippen LogP contribution < -0.4 is 68.4 Å². The summed E-state index contributed by atoms with van der Waals surface area (Å²) in [7, 11) is 2.93. The van der Waals surface area contributed by atoms with E-state index in [0.29, 0.717) is 44.9 Å². The first-order chi connectivity index (χ1) is 37.6. The fourth-order valence-electron chi connectivity index (χ4n) is 9.94. The summed E-state index contributed by atoms with van der Waals surface area (Å²) in [6, 6.07) is 55.7. The van der Waals surface area contributed by atoms with Crippen molar-refractivity contribution in [2.75, 3.05) is 47.1 Å². The molecule has 0 bridgehead atoms. The number of amides is 4. The zero-order chi connectivity index (χ0) is 54.4. The molecule has 0 heterocycles. The van der Waals surface area contributed by atoms with E-state index < -0.39 is 12.8 Å². The molecule has 0 spiro atoms. The summed E-state index contributed by atoms with van der Waals surface area (Å²) in [5.74, 6) is 1.81. The van der Waals surface area contributed by atoms with E-state index in [2.05, 4.69) is 112 Å². The number of carbonyl (C=O) groups is 4. The molecule has 0 atom stereocenters. The third-order valence-corrected chi connectivity index (χ3v) is 18.8. The Morgan fingerprint density at radius 1 is 0.385 bits per heavy atom. The van der Waals surface area contributed by atoms with Gasteiger partial charge in [-0.15, -0.1) is 0 Å². The lowest BCUT2D eigenvalue weighted by molar-refractivity contribution is -0.126. The smallest absolute Gasteiger partial charge is 0.220 e. The van der Waals surface area contributed by atoms with Gasteiger partial charge in [0.1, 0.15) is 40.4 Å². The summed E-state index contributed by atoms with van der Waals surface area (Å²) in [5, 5.41) is 16.2. The Balaban J connectivity index is 0.0000112. The largest absolute Gasteiger partial charge is 1.00 e. The number of ether oxygens (including phenoxy) is 3. The van der Waals surface area contributed by atoms with Crippen LogP contribution in [0.25, 0.3) is 0 Å². The highest BCUT2D eigenvalue weighted by atomic mass is 79.9. The maximum Gasteiger partial charge on any atom is 0.220 e. The van der Waals surface area contributed by atoms with E-state index in [4.69, 9.17) is 14.2 Å². The first kappa shape index (κ1) is 62.4. The number of nitrogens with one attached hydrogen (secondary N) is 4. The summed E-state index contributed by atoms with van der Waals surface area (Å²) in [6.07, 6.45) is 13.1. The number of hydrogen-bond donors (Lipinski definition) is 4. The fraction of sp³-hybridized carbons (Fsp3) is 0.385. The molecule has 6 rings (SSSR count). The van der Waals surface area contributed by atoms with Crippen molar-refractivity contribution < 1.29 is 50.4 Å². The van der Waals surface area contributed by atoms with Crippen molar-refractivity contribution in [3.63, 3.8) is 0 Å². The molecular formula is C65H82BrN4O7P. The second kappa shape index (κ2) is 34.4. The van der Waals surface area contributed by atoms with Crippen LogP contribution in [0, 0.1) is 0 Å². The number of methoxy groups -OCH3 is 3. The minimum Gasteiger partial charge on any atom is -1.00 e. The molecule has 0 radical (unpaired) electrons. The van der Waals surface area contributed by atoms with Crippen LogP contribution in [0.4, 0.5) is 0 Å². The Bertz CT molecular complexity index is 2450. The van der Waals surface area contributed by atoms with E-state index in [1.165, 1.54) is 15.9 Å². The van der Waals surface area contributed by atoms with Gasteiger partial charge in [0.2, 0.25) is 23.6 Å². The van der Waals surface area contributed by atoms with Gasteiger partial charge in [0.05, 0.1) is 33.0 Å². The van der Waals surface area contributed by atoms with Crippen molar-refractivity contribution in [2.24, 2.45) is 0 Å². The Labute approximate surface area is 475 Å². The van der Waals surface area contributed by atoms with Crippen LogP contribution in [0.15, 0.2) is 164 Å². The SMILES string of the molecule is COc1cccc([P+](CCCCCCCCCC(=O)NC(CNC(=O)CCCc2ccccc2)(CNC(=O)CCCc2ccccc2)CNC(=O)CCCc2ccccc2)(c2cccc(OC)c2)c2cccc(OC)c2)c1.[Br-]. The van der Waals surface area contributed by atoms with Gasteiger partial charge in [0.25, 0.3) is 0 Å². The first-order valence-corrected chi connectivity index (χ1v) is 29.7. The summed E-state index contributed by atoms with van der Waals surface area (Å²) in [4.78, 5) is 54.4. The monoisotopic (exact) mass is 1140 g/mol. The van der Waals surface area contributed by atoms with Crippen molar-refractivity contribution in [3.05, 3.63) is 180 Å². The second-order valence-electron chi connectivity index (χ2n) is 20.0. The Hall–Kier alpha value is -6.49. The minimum absolute atomic E-state index is 0. The number of rotatable bonds is 35. The van der Waals surface area contributed by atoms with E-state index in [1.54, 1.807) is 21.3 Å². The molecule has 4 amide bonds. The molecule has 0 aromatic heterocycles. The average molecular weight is 1140 g/mol. The zero-order valence-electron chi connectivity index (χ0n) is 46.1. The van der Waals surface area contributed by atoms with Gasteiger partial charge in [-0.3, -0.25) is 19.2 Å². The molecule has 6 aromatic rings. The molecule has 0 aliphatic heterocycles. The van der Waals surface area contributed by atoms with Gasteiger partial charge in [-0.05, 0) is 111 Å². The van der Waals surface area contributed by atoms with Gasteiger partial charge in [-0.25, -0.2) is 0 Å². The molecule has 0 aliphatic rings. The normalized spacial score (nSPS) is 11.2. The maximum absolute atomic E-state index is 14.0. The predicted octanol–water partition coefficient (Wildman–Crippen LogP) is 7.40. The molecule has 4 N–H and O–H groups in total. The van der Waals surface area contributed by atoms with Crippen LogP contribution >= 0.6 is 7.26 Å². The van der Waals surface area contributed by atoms with E-state index in [9.17, 15) is 19.2 Å². The van der Waals surface area contributed by atoms with Gasteiger partial charge in [0, 0.05) is 63.5 Å². The summed E-state index contributed by atoms with van der Waals surface area (Å²) >= 11 is 0. The van der Waals surface area contributed by atoms with E-state index in [0.717, 1.165) is 97.9 Å². The molecule has 11 nitrogen and oxygen atoms in total. The van der Waals surface area contributed by atoms with Crippen LogP contribution in [0.2, 0.25) is 0 Å². The van der Waals surface area contributed by atoms with Crippen LogP contribution in [-0.4, -0.2) is 76.3 Å². The molecule has 416 valence electrons. The van der Waals surface area contributed by atoms with Gasteiger partial charge in [0.15, 0.2) is 0 Å². The molecule has 0 aliphatic carbocycles. The summed E-state index contributed by atoms with van der Waals surface area (Å²) in [5.41, 5.74) is 2.30. The number of carbonyl (C=O) groups excluding carboxylic acids is 4. The Kier molecular flexibility index (Phi) is 27.5. The maximum atomic E-state index is 14.0. The van der Waals surface area contributed by atoms with Crippen molar-refractivity contribution in [1.29, 1.82) is 0 Å². The van der Waals surface area contributed by atoms with Crippen LogP contribution in [0.1, 0.15) is 107 Å². The average Bonchev–Trinajstić information content (AvgIpc) is 3.57. The standard InChI is InChI=1S/C65H81N4O7P.BrH/c1-74-55-35-23-38-58(46-55)77(59-39-24-36-56(47-59)75-2,60-40-25-37-57(48-60)76-3)45-19-8-6-4-5-7-18-41-64(73)69-65(49-66-61(70)42-20-32-52-26-12-9-13-27-52,50-67-62(71)43-21-33-53-28-14-10-15-29-53)51-68-63(72)44-22-34-54-30-16-11-17-31-54;/h9-17,23-31,35-40,46-48H,4-8,18-22,32-34,41-45,49-51H2,1-3H3,(H3-,66,67,68,69,70,71,72,73);1H. The Morgan fingerprint density at radius 2 is 0.705 bits per heavy atom. The number of aryl methyl sites for hydroxylation is 3. The van der Waals surface area contributed by atoms with Gasteiger partial charge >= 0.3 is 0 Å². The van der Waals surface area contributed by atoms with Crippen LogP contribution in [0.3, 0.4) is 0 Å². The zero-order valence-corrected chi connectivity index (χ0v) is 48.6. The van der Waals surface area contributed by atoms with Gasteiger partial charge < -0.3 is 52.5 Å². The predicted molar refractivity (Wildman–Crippen MR) is 315 cm³/mol. The van der Waals surface area contributed by atoms with Crippen molar-refractivity contribution in [2.45, 2.75) is 115 Å². The van der Waals surface area contributed by atoms with Crippen molar-refractivity contribution in [3.8, 4) is 17.2 Å². The number of benzene rings is 6. The molecule has 0 saturated heterocycles. The lowest BCUT2D eigenvalue weighted by atomic mass is 9.97. The highest BCUT2D eigenvalue weighted by molar-refractivity contribution is 7.95. The minimum atomic E-state index is -2.21. The van der Waals surface area contributed by atoms with E-state index in [-0.39, 0.29) is 66.7 Å². The molecule has 0 saturated carbocycles. The molecular weight excluding hydrogens is 1060 g/mol. The highest BCUT2D eigenvalue weighted by Crippen LogP contribution is 2.57. The third-order valence-electron chi connectivity index (χ3n) is 14.3. The molecule has 0 unspecified atom stereocenters. The van der Waals surface area contributed by atoms with Crippen LogP contribution in [0.5, 0.6) is 17.2 Å². The fourth-order valence-corrected chi connectivity index (χ4v) is 14.4. The van der Waals surface area contributed by atoms with E-state index in [1.807, 2.05) is 72.8 Å². The highest BCUT2D eigenvalue weighted by Gasteiger charge is 2.46. The molecule has 78 heavy (non-hydrogen) atoms. The van der Waals surface area contributed by atoms with Crippen molar-refractivity contribution >= 4 is 46.8 Å². The molecule has 6 aromatic carbocycles. The lowest BCUT2D eigenvalue weighted by Crippen LogP contribution is -3.00. The van der Waals surface area contributed by atoms with E-state index >= 15 is 0 Å². The van der Waals surface area contributed by atoms with Gasteiger partial charge in [-0.2, -0.15) is 0 Å². The lowest BCUT2D eigenvalue weighted by Gasteiger charge is -2.35. The second-order valence-corrected chi connectivity index (χ2v) is 23.7. The Morgan fingerprint density at radius 3 is 1.05 bits per heavy atom. The van der Waals surface area contributed by atoms with Crippen LogP contribution in [-0.2, 0) is 38.4 Å². The number of unbranched alkanes of at least 4 members (excludes halogenated alkanes) is 6. The quantitative estimate of drug-likeness (QED) is 0.0240.